The molecule has 0 saturated heterocycles. The lowest BCUT2D eigenvalue weighted by Crippen LogP contribution is -2.04. The molecule has 0 aliphatic heterocycles. The van der Waals surface area contributed by atoms with Crippen molar-refractivity contribution in [2.75, 3.05) is 5.32 Å². The second-order valence-corrected chi connectivity index (χ2v) is 6.59. The minimum atomic E-state index is -0.591. The molecule has 29 heavy (non-hydrogen) atoms. The number of halogens is 1. The van der Waals surface area contributed by atoms with E-state index in [-0.39, 0.29) is 11.7 Å². The Balaban J connectivity index is 1.77. The highest BCUT2D eigenvalue weighted by Gasteiger charge is 2.26. The van der Waals surface area contributed by atoms with Gasteiger partial charge < -0.3 is 10.1 Å². The average Bonchev–Trinajstić information content (AvgIpc) is 2.68. The van der Waals surface area contributed by atoms with Gasteiger partial charge in [-0.15, -0.1) is 0 Å². The monoisotopic (exact) mass is 407 g/mol. The van der Waals surface area contributed by atoms with Crippen LogP contribution < -0.4 is 10.1 Å². The van der Waals surface area contributed by atoms with Gasteiger partial charge in [0.25, 0.3) is 0 Å². The number of ether oxygens (including phenoxy) is 1. The number of nitrogens with zero attached hydrogens (tertiary/aromatic N) is 4. The average molecular weight is 408 g/mol. The number of anilines is 2. The SMILES string of the molecule is Cc1ccc2cccc(Oc3ncnc(Nc4cccc(Cl)c4)c3[N+](=O)[O-])c2n1. The number of pyridine rings is 1. The Kier molecular flexibility index (Phi) is 4.92. The third kappa shape index (κ3) is 3.92. The normalized spacial score (nSPS) is 10.7. The zero-order chi connectivity index (χ0) is 20.4. The molecular weight excluding hydrogens is 394 g/mol. The molecule has 0 saturated carbocycles. The number of nitrogens with one attached hydrogen (secondary N) is 1. The van der Waals surface area contributed by atoms with Gasteiger partial charge in [-0.05, 0) is 37.3 Å². The molecular formula is C20H14ClN5O3. The lowest BCUT2D eigenvalue weighted by molar-refractivity contribution is -0.385. The fourth-order valence-electron chi connectivity index (χ4n) is 2.80. The summed E-state index contributed by atoms with van der Waals surface area (Å²) in [5, 5.41) is 16.0. The van der Waals surface area contributed by atoms with Gasteiger partial charge in [-0.25, -0.2) is 9.97 Å². The van der Waals surface area contributed by atoms with Crippen LogP contribution >= 0.6 is 11.6 Å². The van der Waals surface area contributed by atoms with Crippen molar-refractivity contribution >= 4 is 39.7 Å². The second-order valence-electron chi connectivity index (χ2n) is 6.15. The molecule has 0 fully saturated rings. The van der Waals surface area contributed by atoms with Gasteiger partial charge in [-0.2, -0.15) is 4.98 Å². The minimum absolute atomic E-state index is 0.00774. The molecule has 144 valence electrons. The highest BCUT2D eigenvalue weighted by Crippen LogP contribution is 2.37. The van der Waals surface area contributed by atoms with Crippen molar-refractivity contribution in [1.29, 1.82) is 0 Å². The Labute approximate surface area is 170 Å². The van der Waals surface area contributed by atoms with Crippen molar-refractivity contribution in [1.82, 2.24) is 15.0 Å². The maximum atomic E-state index is 11.8. The van der Waals surface area contributed by atoms with Crippen molar-refractivity contribution in [3.05, 3.63) is 81.8 Å². The molecule has 0 bridgehead atoms. The zero-order valence-electron chi connectivity index (χ0n) is 15.2. The summed E-state index contributed by atoms with van der Waals surface area (Å²) >= 11 is 5.98. The Hall–Kier alpha value is -3.78. The largest absolute Gasteiger partial charge is 0.431 e. The van der Waals surface area contributed by atoms with E-state index in [4.69, 9.17) is 16.3 Å². The molecule has 0 unspecified atom stereocenters. The van der Waals surface area contributed by atoms with Gasteiger partial charge in [0.05, 0.1) is 4.92 Å². The lowest BCUT2D eigenvalue weighted by atomic mass is 10.2. The third-order valence-corrected chi connectivity index (χ3v) is 4.32. The quantitative estimate of drug-likeness (QED) is 0.347. The number of hydrogen-bond acceptors (Lipinski definition) is 7. The number of aryl methyl sites for hydroxylation is 1. The van der Waals surface area contributed by atoms with Crippen LogP contribution in [0, 0.1) is 17.0 Å². The van der Waals surface area contributed by atoms with Crippen LogP contribution in [0.4, 0.5) is 17.2 Å². The Morgan fingerprint density at radius 1 is 1.10 bits per heavy atom. The van der Waals surface area contributed by atoms with E-state index in [2.05, 4.69) is 20.3 Å². The summed E-state index contributed by atoms with van der Waals surface area (Å²) in [6.45, 7) is 1.86. The Bertz CT molecular complexity index is 1230. The molecule has 0 amide bonds. The van der Waals surface area contributed by atoms with E-state index < -0.39 is 10.6 Å². The predicted octanol–water partition coefficient (Wildman–Crippen LogP) is 5.43. The molecule has 1 N–H and O–H groups in total. The van der Waals surface area contributed by atoms with E-state index in [0.29, 0.717) is 22.0 Å². The van der Waals surface area contributed by atoms with E-state index >= 15 is 0 Å². The maximum absolute atomic E-state index is 11.8. The number of aromatic nitrogens is 3. The van der Waals surface area contributed by atoms with Crippen LogP contribution in [0.15, 0.2) is 60.9 Å². The Morgan fingerprint density at radius 3 is 2.72 bits per heavy atom. The first-order valence-electron chi connectivity index (χ1n) is 8.57. The molecule has 0 atom stereocenters. The first-order chi connectivity index (χ1) is 14.0. The molecule has 4 aromatic rings. The van der Waals surface area contributed by atoms with E-state index in [1.165, 1.54) is 6.33 Å². The van der Waals surface area contributed by atoms with E-state index in [0.717, 1.165) is 11.1 Å². The fourth-order valence-corrected chi connectivity index (χ4v) is 2.99. The summed E-state index contributed by atoms with van der Waals surface area (Å²) < 4.78 is 5.82. The first-order valence-corrected chi connectivity index (χ1v) is 8.95. The van der Waals surface area contributed by atoms with E-state index in [9.17, 15) is 10.1 Å². The minimum Gasteiger partial charge on any atom is -0.431 e. The number of hydrogen-bond donors (Lipinski definition) is 1. The highest BCUT2D eigenvalue weighted by molar-refractivity contribution is 6.30. The van der Waals surface area contributed by atoms with Crippen molar-refractivity contribution in [2.24, 2.45) is 0 Å². The summed E-state index contributed by atoms with van der Waals surface area (Å²) in [6, 6.07) is 15.9. The van der Waals surface area contributed by atoms with Gasteiger partial charge in [0, 0.05) is 21.8 Å². The summed E-state index contributed by atoms with van der Waals surface area (Å²) in [4.78, 5) is 23.6. The van der Waals surface area contributed by atoms with Gasteiger partial charge in [-0.3, -0.25) is 10.1 Å². The van der Waals surface area contributed by atoms with Gasteiger partial charge in [0.2, 0.25) is 5.82 Å². The third-order valence-electron chi connectivity index (χ3n) is 4.09. The number of rotatable bonds is 5. The number of nitro groups is 1. The molecule has 9 heteroatoms. The van der Waals surface area contributed by atoms with Crippen LogP contribution in [0.3, 0.4) is 0 Å². The Morgan fingerprint density at radius 2 is 1.93 bits per heavy atom. The predicted molar refractivity (Wildman–Crippen MR) is 110 cm³/mol. The standard InChI is InChI=1S/C20H14ClN5O3/c1-12-8-9-13-4-2-7-16(17(13)24-12)29-20-18(26(27)28)19(22-11-23-20)25-15-6-3-5-14(21)10-15/h2-11H,1H3,(H,22,23,25). The van der Waals surface area contributed by atoms with Crippen LogP contribution in [-0.2, 0) is 0 Å². The van der Waals surface area contributed by atoms with Crippen LogP contribution in [0.25, 0.3) is 10.9 Å². The smallest absolute Gasteiger partial charge is 0.373 e. The molecule has 2 aromatic heterocycles. The van der Waals surface area contributed by atoms with Gasteiger partial charge >= 0.3 is 11.6 Å². The molecule has 0 aliphatic carbocycles. The van der Waals surface area contributed by atoms with Crippen LogP contribution in [0.5, 0.6) is 11.6 Å². The van der Waals surface area contributed by atoms with Crippen LogP contribution in [-0.4, -0.2) is 19.9 Å². The zero-order valence-corrected chi connectivity index (χ0v) is 15.9. The molecule has 0 spiro atoms. The molecule has 0 radical (unpaired) electrons. The van der Waals surface area contributed by atoms with Crippen molar-refractivity contribution < 1.29 is 9.66 Å². The molecule has 4 rings (SSSR count). The van der Waals surface area contributed by atoms with Crippen molar-refractivity contribution in [2.45, 2.75) is 6.92 Å². The van der Waals surface area contributed by atoms with Gasteiger partial charge in [0.1, 0.15) is 11.8 Å². The number of benzene rings is 2. The van der Waals surface area contributed by atoms with Crippen molar-refractivity contribution in [3.8, 4) is 11.6 Å². The van der Waals surface area contributed by atoms with Gasteiger partial charge in [0.15, 0.2) is 5.75 Å². The lowest BCUT2D eigenvalue weighted by Gasteiger charge is -2.11. The van der Waals surface area contributed by atoms with Gasteiger partial charge in [-0.1, -0.05) is 35.9 Å². The van der Waals surface area contributed by atoms with Crippen LogP contribution in [0.1, 0.15) is 5.69 Å². The highest BCUT2D eigenvalue weighted by atomic mass is 35.5. The topological polar surface area (TPSA) is 103 Å². The maximum Gasteiger partial charge on any atom is 0.373 e. The summed E-state index contributed by atoms with van der Waals surface area (Å²) in [5.74, 6) is 0.165. The fraction of sp³-hybridized carbons (Fsp3) is 0.0500. The molecule has 2 heterocycles. The number of fused-ring (bicyclic) bond motifs is 1. The summed E-state index contributed by atoms with van der Waals surface area (Å²) in [7, 11) is 0. The first kappa shape index (κ1) is 18.6. The molecule has 0 aliphatic rings. The van der Waals surface area contributed by atoms with Crippen LogP contribution in [0.2, 0.25) is 5.02 Å². The number of para-hydroxylation sites is 1. The second kappa shape index (κ2) is 7.69. The molecule has 2 aromatic carbocycles. The summed E-state index contributed by atoms with van der Waals surface area (Å²) in [6.07, 6.45) is 1.19. The van der Waals surface area contributed by atoms with E-state index in [1.807, 2.05) is 25.1 Å². The summed E-state index contributed by atoms with van der Waals surface area (Å²) in [5.41, 5.74) is 1.55. The molecule has 8 nitrogen and oxygen atoms in total. The van der Waals surface area contributed by atoms with Crippen molar-refractivity contribution in [3.63, 3.8) is 0 Å². The van der Waals surface area contributed by atoms with E-state index in [1.54, 1.807) is 36.4 Å².